The van der Waals surface area contributed by atoms with Gasteiger partial charge in [-0.05, 0) is 11.6 Å². The van der Waals surface area contributed by atoms with Crippen molar-refractivity contribution in [1.82, 2.24) is 20.9 Å². The van der Waals surface area contributed by atoms with Crippen LogP contribution in [0.4, 0.5) is 0 Å². The predicted molar refractivity (Wildman–Crippen MR) is 109 cm³/mol. The molecule has 1 heterocycles. The number of para-hydroxylation sites is 1. The number of nitrogens with two attached hydrogens (primary N) is 1. The molecule has 7 N–H and O–H groups in total. The number of H-pyrrole nitrogens is 1. The van der Waals surface area contributed by atoms with Crippen molar-refractivity contribution in [2.45, 2.75) is 18.5 Å². The summed E-state index contributed by atoms with van der Waals surface area (Å²) in [6.07, 6.45) is 1.91. The predicted octanol–water partition coefficient (Wildman–Crippen LogP) is -1.23. The number of hydrogen-bond donors (Lipinski definition) is 7. The number of thiol groups is 1. The first-order valence-corrected chi connectivity index (χ1v) is 9.43. The van der Waals surface area contributed by atoms with Crippen LogP contribution in [0, 0.1) is 0 Å². The molecule has 29 heavy (non-hydrogen) atoms. The molecular weight excluding hydrogens is 398 g/mol. The second kappa shape index (κ2) is 10.5. The second-order valence-corrected chi connectivity index (χ2v) is 6.67. The van der Waals surface area contributed by atoms with E-state index < -0.39 is 48.9 Å². The van der Waals surface area contributed by atoms with Crippen molar-refractivity contribution in [1.29, 1.82) is 0 Å². The fourth-order valence-corrected chi connectivity index (χ4v) is 2.78. The van der Waals surface area contributed by atoms with Crippen molar-refractivity contribution >= 4 is 47.2 Å². The van der Waals surface area contributed by atoms with Crippen molar-refractivity contribution in [3.63, 3.8) is 0 Å². The van der Waals surface area contributed by atoms with Crippen molar-refractivity contribution in [2.24, 2.45) is 5.73 Å². The summed E-state index contributed by atoms with van der Waals surface area (Å²) in [5.74, 6) is -2.90. The number of carboxylic acids is 1. The van der Waals surface area contributed by atoms with E-state index in [1.165, 1.54) is 0 Å². The topological polar surface area (TPSA) is 166 Å². The van der Waals surface area contributed by atoms with Gasteiger partial charge in [-0.1, -0.05) is 18.2 Å². The van der Waals surface area contributed by atoms with Crippen LogP contribution >= 0.6 is 12.6 Å². The minimum absolute atomic E-state index is 0.102. The van der Waals surface area contributed by atoms with Gasteiger partial charge in [0, 0.05) is 29.3 Å². The third-order valence-corrected chi connectivity index (χ3v) is 4.52. The van der Waals surface area contributed by atoms with Gasteiger partial charge >= 0.3 is 5.97 Å². The second-order valence-electron chi connectivity index (χ2n) is 6.30. The number of rotatable bonds is 10. The molecule has 10 nitrogen and oxygen atoms in total. The highest BCUT2D eigenvalue weighted by molar-refractivity contribution is 7.80. The van der Waals surface area contributed by atoms with Crippen LogP contribution in [-0.4, -0.2) is 64.7 Å². The Morgan fingerprint density at radius 1 is 1.10 bits per heavy atom. The molecule has 0 aliphatic rings. The zero-order valence-electron chi connectivity index (χ0n) is 15.5. The zero-order valence-corrected chi connectivity index (χ0v) is 16.4. The lowest BCUT2D eigenvalue weighted by atomic mass is 10.0. The third kappa shape index (κ3) is 6.50. The van der Waals surface area contributed by atoms with Crippen LogP contribution < -0.4 is 21.7 Å². The molecular formula is C18H23N5O5S. The van der Waals surface area contributed by atoms with Crippen molar-refractivity contribution < 1.29 is 24.3 Å². The Morgan fingerprint density at radius 2 is 1.83 bits per heavy atom. The summed E-state index contributed by atoms with van der Waals surface area (Å²) in [7, 11) is 0. The first kappa shape index (κ1) is 22.2. The van der Waals surface area contributed by atoms with Gasteiger partial charge in [0.25, 0.3) is 0 Å². The Morgan fingerprint density at radius 3 is 2.52 bits per heavy atom. The lowest BCUT2D eigenvalue weighted by Gasteiger charge is -2.20. The molecule has 2 unspecified atom stereocenters. The number of aliphatic carboxylic acids is 1. The first-order valence-electron chi connectivity index (χ1n) is 8.79. The Hall–Kier alpha value is -3.05. The summed E-state index contributed by atoms with van der Waals surface area (Å²) < 4.78 is 0. The molecule has 1 aromatic carbocycles. The number of carbonyl (C=O) groups is 4. The molecule has 0 radical (unpaired) electrons. The largest absolute Gasteiger partial charge is 0.480 e. The molecule has 0 bridgehead atoms. The third-order valence-electron chi connectivity index (χ3n) is 4.13. The van der Waals surface area contributed by atoms with Gasteiger partial charge in [-0.25, -0.2) is 0 Å². The molecule has 156 valence electrons. The average molecular weight is 421 g/mol. The number of nitrogens with one attached hydrogen (secondary N) is 4. The van der Waals surface area contributed by atoms with Gasteiger partial charge in [0.15, 0.2) is 0 Å². The van der Waals surface area contributed by atoms with Gasteiger partial charge in [0.05, 0.1) is 12.6 Å². The van der Waals surface area contributed by atoms with E-state index in [0.717, 1.165) is 16.5 Å². The van der Waals surface area contributed by atoms with Crippen molar-refractivity contribution in [3.05, 3.63) is 36.0 Å². The number of amides is 3. The molecule has 0 aliphatic carbocycles. The quantitative estimate of drug-likeness (QED) is 0.237. The molecule has 0 aliphatic heterocycles. The summed E-state index contributed by atoms with van der Waals surface area (Å²) in [5, 5.41) is 16.6. The monoisotopic (exact) mass is 421 g/mol. The van der Waals surface area contributed by atoms with Gasteiger partial charge < -0.3 is 31.8 Å². The van der Waals surface area contributed by atoms with Crippen LogP contribution in [0.2, 0.25) is 0 Å². The molecule has 11 heteroatoms. The van der Waals surface area contributed by atoms with Gasteiger partial charge in [-0.3, -0.25) is 19.2 Å². The normalized spacial score (nSPS) is 12.8. The van der Waals surface area contributed by atoms with Crippen LogP contribution in [0.3, 0.4) is 0 Å². The van der Waals surface area contributed by atoms with E-state index in [1.807, 2.05) is 24.3 Å². The van der Waals surface area contributed by atoms with E-state index in [1.54, 1.807) is 6.20 Å². The van der Waals surface area contributed by atoms with Gasteiger partial charge in [0.2, 0.25) is 17.7 Å². The Kier molecular flexibility index (Phi) is 8.04. The smallest absolute Gasteiger partial charge is 0.322 e. The molecule has 0 spiro atoms. The standard InChI is InChI=1S/C18H23N5O5S/c19-12(9-29)17(27)23-14(18(28)22-7-15(24)21-8-16(25)26)5-10-6-20-13-4-2-1-3-11(10)13/h1-4,6,12,14,20,29H,5,7-9,19H2,(H,21,24)(H,22,28)(H,23,27)(H,25,26). The maximum Gasteiger partial charge on any atom is 0.322 e. The minimum Gasteiger partial charge on any atom is -0.480 e. The fourth-order valence-electron chi connectivity index (χ4n) is 2.62. The van der Waals surface area contributed by atoms with E-state index in [-0.39, 0.29) is 12.2 Å². The molecule has 1 aromatic heterocycles. The van der Waals surface area contributed by atoms with Crippen LogP contribution in [0.15, 0.2) is 30.5 Å². The molecule has 0 saturated carbocycles. The molecule has 0 fully saturated rings. The lowest BCUT2D eigenvalue weighted by molar-refractivity contribution is -0.138. The molecule has 2 rings (SSSR count). The number of aromatic nitrogens is 1. The highest BCUT2D eigenvalue weighted by Crippen LogP contribution is 2.19. The zero-order chi connectivity index (χ0) is 21.4. The number of hydrogen-bond acceptors (Lipinski definition) is 6. The van der Waals surface area contributed by atoms with E-state index >= 15 is 0 Å². The first-order chi connectivity index (χ1) is 13.8. The summed E-state index contributed by atoms with van der Waals surface area (Å²) >= 11 is 3.98. The summed E-state index contributed by atoms with van der Waals surface area (Å²) in [5.41, 5.74) is 7.36. The van der Waals surface area contributed by atoms with Gasteiger partial charge in [0.1, 0.15) is 12.6 Å². The van der Waals surface area contributed by atoms with E-state index in [9.17, 15) is 19.2 Å². The molecule has 3 amide bonds. The Balaban J connectivity index is 2.09. The lowest BCUT2D eigenvalue weighted by Crippen LogP contribution is -2.54. The Bertz CT molecular complexity index is 900. The Labute approximate surface area is 172 Å². The molecule has 0 saturated heterocycles. The SMILES string of the molecule is NC(CS)C(=O)NC(Cc1c[nH]c2ccccc12)C(=O)NCC(=O)NCC(=O)O. The fraction of sp³-hybridized carbons (Fsp3) is 0.333. The highest BCUT2D eigenvalue weighted by atomic mass is 32.1. The number of carboxylic acid groups (broad SMARTS) is 1. The highest BCUT2D eigenvalue weighted by Gasteiger charge is 2.25. The van der Waals surface area contributed by atoms with E-state index in [4.69, 9.17) is 10.8 Å². The minimum atomic E-state index is -1.20. The number of fused-ring (bicyclic) bond motifs is 1. The summed E-state index contributed by atoms with van der Waals surface area (Å²) in [4.78, 5) is 50.0. The van der Waals surface area contributed by atoms with E-state index in [2.05, 4.69) is 33.6 Å². The summed E-state index contributed by atoms with van der Waals surface area (Å²) in [6, 6.07) is 5.62. The van der Waals surface area contributed by atoms with Crippen LogP contribution in [-0.2, 0) is 25.6 Å². The number of carbonyl (C=O) groups excluding carboxylic acids is 3. The molecule has 2 atom stereocenters. The molecule has 2 aromatic rings. The van der Waals surface area contributed by atoms with Crippen molar-refractivity contribution in [2.75, 3.05) is 18.8 Å². The maximum atomic E-state index is 12.6. The van der Waals surface area contributed by atoms with Crippen LogP contribution in [0.25, 0.3) is 10.9 Å². The maximum absolute atomic E-state index is 12.6. The van der Waals surface area contributed by atoms with Crippen LogP contribution in [0.1, 0.15) is 5.56 Å². The average Bonchev–Trinajstić information content (AvgIpc) is 3.12. The van der Waals surface area contributed by atoms with Gasteiger partial charge in [-0.15, -0.1) is 0 Å². The van der Waals surface area contributed by atoms with Crippen molar-refractivity contribution in [3.8, 4) is 0 Å². The number of aromatic amines is 1. The summed E-state index contributed by atoms with van der Waals surface area (Å²) in [6.45, 7) is -0.980. The van der Waals surface area contributed by atoms with Gasteiger partial charge in [-0.2, -0.15) is 12.6 Å². The van der Waals surface area contributed by atoms with Crippen LogP contribution in [0.5, 0.6) is 0 Å². The van der Waals surface area contributed by atoms with E-state index in [0.29, 0.717) is 0 Å². The number of benzene rings is 1.